The van der Waals surface area contributed by atoms with E-state index in [9.17, 15) is 4.79 Å². The Morgan fingerprint density at radius 2 is 2.10 bits per heavy atom. The van der Waals surface area contributed by atoms with Gasteiger partial charge in [0.25, 0.3) is 0 Å². The van der Waals surface area contributed by atoms with Gasteiger partial charge in [0, 0.05) is 19.9 Å². The van der Waals surface area contributed by atoms with Gasteiger partial charge in [0.05, 0.1) is 11.5 Å². The molecule has 1 heterocycles. The maximum Gasteiger partial charge on any atom is 0.195 e. The lowest BCUT2D eigenvalue weighted by Gasteiger charge is -2.08. The molecule has 0 atom stereocenters. The van der Waals surface area contributed by atoms with Crippen LogP contribution in [0.4, 0.5) is 0 Å². The fraction of sp³-hybridized carbons (Fsp3) is 0.188. The van der Waals surface area contributed by atoms with Gasteiger partial charge in [-0.2, -0.15) is 0 Å². The highest BCUT2D eigenvalue weighted by Crippen LogP contribution is 2.26. The summed E-state index contributed by atoms with van der Waals surface area (Å²) in [5, 5.41) is 1.90. The van der Waals surface area contributed by atoms with Crippen LogP contribution in [-0.4, -0.2) is 12.4 Å². The first kappa shape index (κ1) is 16.5. The Balaban J connectivity index is 2.19. The Hall–Kier alpha value is -0.910. The van der Waals surface area contributed by atoms with Crippen molar-refractivity contribution < 1.29 is 9.53 Å². The largest absolute Gasteiger partial charge is 0.493 e. The summed E-state index contributed by atoms with van der Waals surface area (Å²) in [6, 6.07) is 7.61. The standard InChI is InChI=1S/C16H14Br2O2S/c1-2-7-20-15-6-4-12(17)8-11(15)3-5-14(19)16-9-13(18)10-21-16/h3-6,8-10H,2,7H2,1H3/b5-3+. The number of hydrogen-bond acceptors (Lipinski definition) is 3. The molecule has 2 aromatic rings. The number of rotatable bonds is 6. The second kappa shape index (κ2) is 7.92. The van der Waals surface area contributed by atoms with Crippen molar-refractivity contribution in [2.45, 2.75) is 13.3 Å². The van der Waals surface area contributed by atoms with Crippen molar-refractivity contribution in [3.05, 3.63) is 55.1 Å². The predicted molar refractivity (Wildman–Crippen MR) is 95.3 cm³/mol. The molecule has 0 spiro atoms. The van der Waals surface area contributed by atoms with Gasteiger partial charge < -0.3 is 4.74 Å². The fourth-order valence-corrected chi connectivity index (χ4v) is 3.41. The van der Waals surface area contributed by atoms with E-state index in [4.69, 9.17) is 4.74 Å². The minimum Gasteiger partial charge on any atom is -0.493 e. The van der Waals surface area contributed by atoms with Gasteiger partial charge in [-0.25, -0.2) is 0 Å². The lowest BCUT2D eigenvalue weighted by molar-refractivity contribution is 0.105. The lowest BCUT2D eigenvalue weighted by Crippen LogP contribution is -1.97. The molecule has 2 nitrogen and oxygen atoms in total. The topological polar surface area (TPSA) is 26.3 Å². The molecule has 0 saturated heterocycles. The van der Waals surface area contributed by atoms with Gasteiger partial charge in [-0.3, -0.25) is 4.79 Å². The Morgan fingerprint density at radius 3 is 2.76 bits per heavy atom. The van der Waals surface area contributed by atoms with Gasteiger partial charge in [-0.1, -0.05) is 22.9 Å². The van der Waals surface area contributed by atoms with Crippen molar-refractivity contribution in [3.63, 3.8) is 0 Å². The zero-order valence-corrected chi connectivity index (χ0v) is 15.4. The maximum atomic E-state index is 12.1. The zero-order chi connectivity index (χ0) is 15.2. The van der Waals surface area contributed by atoms with E-state index >= 15 is 0 Å². The summed E-state index contributed by atoms with van der Waals surface area (Å²) in [5.41, 5.74) is 0.891. The Kier molecular flexibility index (Phi) is 6.21. The highest BCUT2D eigenvalue weighted by Gasteiger charge is 2.06. The number of thiophene rings is 1. The van der Waals surface area contributed by atoms with E-state index < -0.39 is 0 Å². The summed E-state index contributed by atoms with van der Waals surface area (Å²) >= 11 is 8.22. The van der Waals surface area contributed by atoms with Crippen LogP contribution in [0.15, 0.2) is 44.7 Å². The average Bonchev–Trinajstić information content (AvgIpc) is 2.90. The van der Waals surface area contributed by atoms with Crippen LogP contribution >= 0.6 is 43.2 Å². The van der Waals surface area contributed by atoms with Crippen LogP contribution in [-0.2, 0) is 0 Å². The molecule has 0 fully saturated rings. The number of ether oxygens (including phenoxy) is 1. The first-order chi connectivity index (χ1) is 10.1. The van der Waals surface area contributed by atoms with Gasteiger partial charge in [-0.05, 0) is 58.8 Å². The summed E-state index contributed by atoms with van der Waals surface area (Å²) in [4.78, 5) is 12.8. The van der Waals surface area contributed by atoms with Gasteiger partial charge in [-0.15, -0.1) is 11.3 Å². The van der Waals surface area contributed by atoms with E-state index in [1.807, 2.05) is 29.6 Å². The molecule has 0 aliphatic rings. The van der Waals surface area contributed by atoms with Crippen LogP contribution < -0.4 is 4.74 Å². The van der Waals surface area contributed by atoms with Gasteiger partial charge in [0.2, 0.25) is 0 Å². The fourth-order valence-electron chi connectivity index (χ4n) is 1.68. The lowest BCUT2D eigenvalue weighted by atomic mass is 10.1. The summed E-state index contributed by atoms with van der Waals surface area (Å²) < 4.78 is 7.58. The summed E-state index contributed by atoms with van der Waals surface area (Å²) in [5.74, 6) is 0.781. The molecule has 110 valence electrons. The van der Waals surface area contributed by atoms with E-state index in [-0.39, 0.29) is 5.78 Å². The van der Waals surface area contributed by atoms with Crippen molar-refractivity contribution in [2.24, 2.45) is 0 Å². The van der Waals surface area contributed by atoms with Gasteiger partial charge in [0.1, 0.15) is 5.75 Å². The first-order valence-electron chi connectivity index (χ1n) is 6.49. The van der Waals surface area contributed by atoms with E-state index in [0.717, 1.165) is 26.7 Å². The normalized spacial score (nSPS) is 11.0. The summed E-state index contributed by atoms with van der Waals surface area (Å²) in [6.07, 6.45) is 4.33. The second-order valence-corrected chi connectivity index (χ2v) is 7.10. The molecule has 5 heteroatoms. The molecule has 21 heavy (non-hydrogen) atoms. The molecule has 0 amide bonds. The monoisotopic (exact) mass is 428 g/mol. The number of allylic oxidation sites excluding steroid dienone is 1. The van der Waals surface area contributed by atoms with Gasteiger partial charge >= 0.3 is 0 Å². The molecule has 2 rings (SSSR count). The Labute approximate surface area is 145 Å². The highest BCUT2D eigenvalue weighted by atomic mass is 79.9. The molecular weight excluding hydrogens is 416 g/mol. The van der Waals surface area contributed by atoms with E-state index in [1.165, 1.54) is 11.3 Å². The van der Waals surface area contributed by atoms with Crippen LogP contribution in [0.5, 0.6) is 5.75 Å². The van der Waals surface area contributed by atoms with Crippen molar-refractivity contribution in [1.82, 2.24) is 0 Å². The van der Waals surface area contributed by atoms with E-state index in [2.05, 4.69) is 38.8 Å². The summed E-state index contributed by atoms with van der Waals surface area (Å²) in [6.45, 7) is 2.72. The zero-order valence-electron chi connectivity index (χ0n) is 11.4. The highest BCUT2D eigenvalue weighted by molar-refractivity contribution is 9.10. The molecule has 0 N–H and O–H groups in total. The Bertz CT molecular complexity index is 662. The third-order valence-corrected chi connectivity index (χ3v) is 4.86. The number of hydrogen-bond donors (Lipinski definition) is 0. The molecule has 0 aliphatic carbocycles. The van der Waals surface area contributed by atoms with Crippen LogP contribution in [0, 0.1) is 0 Å². The molecule has 0 radical (unpaired) electrons. The third-order valence-electron chi connectivity index (χ3n) is 2.66. The quantitative estimate of drug-likeness (QED) is 0.418. The number of carbonyl (C=O) groups is 1. The van der Waals surface area contributed by atoms with Gasteiger partial charge in [0.15, 0.2) is 5.78 Å². The summed E-state index contributed by atoms with van der Waals surface area (Å²) in [7, 11) is 0. The molecule has 0 saturated carbocycles. The third kappa shape index (κ3) is 4.80. The molecule has 0 bridgehead atoms. The Morgan fingerprint density at radius 1 is 1.29 bits per heavy atom. The average molecular weight is 430 g/mol. The minimum absolute atomic E-state index is 0.00730. The SMILES string of the molecule is CCCOc1ccc(Br)cc1/C=C/C(=O)c1cc(Br)cs1. The molecule has 0 aliphatic heterocycles. The molecule has 0 unspecified atom stereocenters. The molecule has 1 aromatic heterocycles. The molecular formula is C16H14Br2O2S. The molecule has 1 aromatic carbocycles. The van der Waals surface area contributed by atoms with Crippen LogP contribution in [0.2, 0.25) is 0 Å². The van der Waals surface area contributed by atoms with Crippen LogP contribution in [0.25, 0.3) is 6.08 Å². The predicted octanol–water partition coefficient (Wildman–Crippen LogP) is 5.96. The minimum atomic E-state index is -0.00730. The van der Waals surface area contributed by atoms with Crippen molar-refractivity contribution >= 4 is 55.1 Å². The maximum absolute atomic E-state index is 12.1. The number of carbonyl (C=O) groups excluding carboxylic acids is 1. The first-order valence-corrected chi connectivity index (χ1v) is 8.95. The van der Waals surface area contributed by atoms with Crippen LogP contribution in [0.3, 0.4) is 0 Å². The van der Waals surface area contributed by atoms with E-state index in [0.29, 0.717) is 11.5 Å². The number of benzene rings is 1. The second-order valence-electron chi connectivity index (χ2n) is 4.36. The van der Waals surface area contributed by atoms with Crippen molar-refractivity contribution in [2.75, 3.05) is 6.61 Å². The van der Waals surface area contributed by atoms with Crippen molar-refractivity contribution in [1.29, 1.82) is 0 Å². The van der Waals surface area contributed by atoms with Crippen molar-refractivity contribution in [3.8, 4) is 5.75 Å². The number of halogens is 2. The van der Waals surface area contributed by atoms with Crippen LogP contribution in [0.1, 0.15) is 28.6 Å². The smallest absolute Gasteiger partial charge is 0.195 e. The number of ketones is 1. The van der Waals surface area contributed by atoms with E-state index in [1.54, 1.807) is 12.2 Å².